The van der Waals surface area contributed by atoms with Crippen molar-refractivity contribution in [1.82, 2.24) is 15.1 Å². The van der Waals surface area contributed by atoms with Crippen molar-refractivity contribution in [3.63, 3.8) is 0 Å². The molecule has 1 heterocycles. The lowest BCUT2D eigenvalue weighted by molar-refractivity contribution is -0.122. The molecular weight excluding hydrogens is 390 g/mol. The highest BCUT2D eigenvalue weighted by molar-refractivity contribution is 5.88. The largest absolute Gasteiger partial charge is 0.497 e. The molecule has 162 valence electrons. The number of fused-ring (bicyclic) bond motifs is 1. The van der Waals surface area contributed by atoms with Gasteiger partial charge in [-0.15, -0.1) is 0 Å². The topological polar surface area (TPSA) is 73.2 Å². The van der Waals surface area contributed by atoms with Crippen LogP contribution in [0.3, 0.4) is 0 Å². The van der Waals surface area contributed by atoms with E-state index >= 15 is 0 Å². The molecule has 0 atom stereocenters. The normalized spacial score (nSPS) is 15.4. The van der Waals surface area contributed by atoms with Gasteiger partial charge in [-0.25, -0.2) is 4.68 Å². The van der Waals surface area contributed by atoms with Crippen LogP contribution < -0.4 is 15.6 Å². The summed E-state index contributed by atoms with van der Waals surface area (Å²) < 4.78 is 6.75. The third-order valence-electron chi connectivity index (χ3n) is 6.20. The number of aromatic nitrogens is 2. The van der Waals surface area contributed by atoms with E-state index in [9.17, 15) is 9.59 Å². The van der Waals surface area contributed by atoms with Gasteiger partial charge in [0.15, 0.2) is 0 Å². The minimum Gasteiger partial charge on any atom is -0.497 e. The van der Waals surface area contributed by atoms with Gasteiger partial charge in [0.25, 0.3) is 5.56 Å². The van der Waals surface area contributed by atoms with E-state index in [1.807, 2.05) is 56.3 Å². The summed E-state index contributed by atoms with van der Waals surface area (Å²) in [5.74, 6) is 0.721. The van der Waals surface area contributed by atoms with Crippen LogP contribution in [0.15, 0.2) is 53.3 Å². The zero-order valence-electron chi connectivity index (χ0n) is 18.4. The standard InChI is InChI=1S/C25H29N3O3/c1-17(2)28-24(30)21-9-5-4-8-20(21)22(27-28)16-23(29)26-25(14-6-7-15-25)18-10-12-19(31-3)13-11-18/h4-5,8-13,17H,6-7,14-16H2,1-3H3,(H,26,29). The third kappa shape index (κ3) is 4.07. The van der Waals surface area contributed by atoms with E-state index in [4.69, 9.17) is 4.74 Å². The van der Waals surface area contributed by atoms with E-state index in [2.05, 4.69) is 10.4 Å². The van der Waals surface area contributed by atoms with Gasteiger partial charge in [-0.3, -0.25) is 9.59 Å². The zero-order valence-corrected chi connectivity index (χ0v) is 18.4. The molecular formula is C25H29N3O3. The average molecular weight is 420 g/mol. The van der Waals surface area contributed by atoms with Crippen molar-refractivity contribution in [2.45, 2.75) is 57.5 Å². The number of ether oxygens (including phenoxy) is 1. The first-order chi connectivity index (χ1) is 14.9. The molecule has 0 radical (unpaired) electrons. The van der Waals surface area contributed by atoms with Crippen LogP contribution >= 0.6 is 0 Å². The number of hydrogen-bond donors (Lipinski definition) is 1. The van der Waals surface area contributed by atoms with Crippen molar-refractivity contribution < 1.29 is 9.53 Å². The Labute approximate surface area is 182 Å². The lowest BCUT2D eigenvalue weighted by Crippen LogP contribution is -2.44. The third-order valence-corrected chi connectivity index (χ3v) is 6.20. The maximum atomic E-state index is 13.2. The first-order valence-electron chi connectivity index (χ1n) is 10.9. The maximum Gasteiger partial charge on any atom is 0.274 e. The molecule has 2 aromatic carbocycles. The van der Waals surface area contributed by atoms with E-state index in [0.29, 0.717) is 11.1 Å². The molecule has 0 unspecified atom stereocenters. The quantitative estimate of drug-likeness (QED) is 0.652. The SMILES string of the molecule is COc1ccc(C2(NC(=O)Cc3nn(C(C)C)c(=O)c4ccccc34)CCCC2)cc1. The lowest BCUT2D eigenvalue weighted by atomic mass is 9.87. The molecule has 3 aromatic rings. The van der Waals surface area contributed by atoms with Gasteiger partial charge >= 0.3 is 0 Å². The Morgan fingerprint density at radius 1 is 1.10 bits per heavy atom. The van der Waals surface area contributed by atoms with Crippen molar-refractivity contribution in [3.8, 4) is 5.75 Å². The molecule has 1 N–H and O–H groups in total. The number of carbonyl (C=O) groups excluding carboxylic acids is 1. The van der Waals surface area contributed by atoms with Crippen LogP contribution in [0.5, 0.6) is 5.75 Å². The average Bonchev–Trinajstić information content (AvgIpc) is 3.25. The van der Waals surface area contributed by atoms with Gasteiger partial charge in [-0.2, -0.15) is 5.10 Å². The van der Waals surface area contributed by atoms with Crippen molar-refractivity contribution in [1.29, 1.82) is 0 Å². The fraction of sp³-hybridized carbons (Fsp3) is 0.400. The van der Waals surface area contributed by atoms with E-state index in [0.717, 1.165) is 42.4 Å². The number of hydrogen-bond acceptors (Lipinski definition) is 4. The molecule has 1 saturated carbocycles. The van der Waals surface area contributed by atoms with Gasteiger partial charge in [-0.05, 0) is 50.5 Å². The number of amides is 1. The molecule has 6 nitrogen and oxygen atoms in total. The molecule has 0 saturated heterocycles. The highest BCUT2D eigenvalue weighted by atomic mass is 16.5. The van der Waals surface area contributed by atoms with Crippen molar-refractivity contribution in [3.05, 3.63) is 70.1 Å². The molecule has 1 aliphatic rings. The van der Waals surface area contributed by atoms with Gasteiger partial charge in [-0.1, -0.05) is 43.2 Å². The highest BCUT2D eigenvalue weighted by Gasteiger charge is 2.37. The number of benzene rings is 2. The Hall–Kier alpha value is -3.15. The second-order valence-corrected chi connectivity index (χ2v) is 8.58. The fourth-order valence-electron chi connectivity index (χ4n) is 4.59. The van der Waals surface area contributed by atoms with Gasteiger partial charge in [0, 0.05) is 5.39 Å². The molecule has 31 heavy (non-hydrogen) atoms. The van der Waals surface area contributed by atoms with Crippen LogP contribution in [0.1, 0.15) is 56.8 Å². The predicted molar refractivity (Wildman–Crippen MR) is 121 cm³/mol. The van der Waals surface area contributed by atoms with E-state index in [-0.39, 0.29) is 29.5 Å². The van der Waals surface area contributed by atoms with Crippen LogP contribution in [0.25, 0.3) is 10.8 Å². The van der Waals surface area contributed by atoms with Crippen LogP contribution in [-0.4, -0.2) is 22.8 Å². The van der Waals surface area contributed by atoms with Crippen LogP contribution in [0, 0.1) is 0 Å². The number of rotatable bonds is 6. The van der Waals surface area contributed by atoms with Gasteiger partial charge in [0.1, 0.15) is 5.75 Å². The number of nitrogens with zero attached hydrogens (tertiary/aromatic N) is 2. The minimum atomic E-state index is -0.369. The Morgan fingerprint density at radius 3 is 2.35 bits per heavy atom. The van der Waals surface area contributed by atoms with Crippen LogP contribution in [0.2, 0.25) is 0 Å². The summed E-state index contributed by atoms with van der Waals surface area (Å²) in [6, 6.07) is 15.3. The monoisotopic (exact) mass is 419 g/mol. The summed E-state index contributed by atoms with van der Waals surface area (Å²) in [5.41, 5.74) is 1.24. The van der Waals surface area contributed by atoms with Gasteiger partial charge in [0.05, 0.1) is 36.2 Å². The first kappa shape index (κ1) is 21.1. The van der Waals surface area contributed by atoms with E-state index < -0.39 is 0 Å². The van der Waals surface area contributed by atoms with Crippen molar-refractivity contribution >= 4 is 16.7 Å². The van der Waals surface area contributed by atoms with Gasteiger partial charge < -0.3 is 10.1 Å². The molecule has 1 aliphatic carbocycles. The summed E-state index contributed by atoms with van der Waals surface area (Å²) in [6.45, 7) is 3.84. The summed E-state index contributed by atoms with van der Waals surface area (Å²) in [4.78, 5) is 26.0. The summed E-state index contributed by atoms with van der Waals surface area (Å²) in [6.07, 6.45) is 4.10. The second kappa shape index (κ2) is 8.53. The summed E-state index contributed by atoms with van der Waals surface area (Å²) in [7, 11) is 1.65. The Bertz CT molecular complexity index is 1140. The minimum absolute atomic E-state index is 0.0793. The Morgan fingerprint density at radius 2 is 1.74 bits per heavy atom. The maximum absolute atomic E-state index is 13.2. The molecule has 1 amide bonds. The highest BCUT2D eigenvalue weighted by Crippen LogP contribution is 2.39. The molecule has 1 aromatic heterocycles. The molecule has 1 fully saturated rings. The first-order valence-corrected chi connectivity index (χ1v) is 10.9. The van der Waals surface area contributed by atoms with Crippen LogP contribution in [-0.2, 0) is 16.8 Å². The van der Waals surface area contributed by atoms with Crippen LogP contribution in [0.4, 0.5) is 0 Å². The summed E-state index contributed by atoms with van der Waals surface area (Å²) >= 11 is 0. The summed E-state index contributed by atoms with van der Waals surface area (Å²) in [5, 5.41) is 9.21. The van der Waals surface area contributed by atoms with Crippen molar-refractivity contribution in [2.24, 2.45) is 0 Å². The zero-order chi connectivity index (χ0) is 22.0. The predicted octanol–water partition coefficient (Wildman–Crippen LogP) is 4.11. The second-order valence-electron chi connectivity index (χ2n) is 8.58. The molecule has 6 heteroatoms. The Kier molecular flexibility index (Phi) is 5.81. The smallest absolute Gasteiger partial charge is 0.274 e. The van der Waals surface area contributed by atoms with Gasteiger partial charge in [0.2, 0.25) is 5.91 Å². The molecule has 0 bridgehead atoms. The molecule has 4 rings (SSSR count). The molecule has 0 aliphatic heterocycles. The number of carbonyl (C=O) groups is 1. The molecule has 0 spiro atoms. The van der Waals surface area contributed by atoms with E-state index in [1.165, 1.54) is 4.68 Å². The fourth-order valence-corrected chi connectivity index (χ4v) is 4.59. The number of nitrogens with one attached hydrogen (secondary N) is 1. The van der Waals surface area contributed by atoms with Crippen molar-refractivity contribution in [2.75, 3.05) is 7.11 Å². The van der Waals surface area contributed by atoms with E-state index in [1.54, 1.807) is 13.2 Å². The Balaban J connectivity index is 1.65. The number of methoxy groups -OCH3 is 1. The lowest BCUT2D eigenvalue weighted by Gasteiger charge is -2.31.